The van der Waals surface area contributed by atoms with Crippen molar-refractivity contribution in [3.8, 4) is 0 Å². The van der Waals surface area contributed by atoms with Crippen molar-refractivity contribution < 1.29 is 8.42 Å². The normalized spacial score (nSPS) is 16.7. The minimum absolute atomic E-state index is 0.171. The predicted octanol–water partition coefficient (Wildman–Crippen LogP) is 2.04. The van der Waals surface area contributed by atoms with Crippen molar-refractivity contribution >= 4 is 9.84 Å². The number of benzene rings is 1. The van der Waals surface area contributed by atoms with Crippen molar-refractivity contribution in [2.75, 3.05) is 25.9 Å². The molecule has 5 heteroatoms. The van der Waals surface area contributed by atoms with Crippen molar-refractivity contribution in [3.63, 3.8) is 0 Å². The molecular weight excluding hydrogens is 284 g/mol. The molecule has 1 aromatic carbocycles. The minimum Gasteiger partial charge on any atom is -0.326 e. The third-order valence-corrected chi connectivity index (χ3v) is 5.97. The quantitative estimate of drug-likeness (QED) is 0.837. The van der Waals surface area contributed by atoms with E-state index in [1.165, 1.54) is 25.7 Å². The van der Waals surface area contributed by atoms with Gasteiger partial charge in [0.1, 0.15) is 0 Å². The highest BCUT2D eigenvalue weighted by molar-refractivity contribution is 7.91. The van der Waals surface area contributed by atoms with Gasteiger partial charge < -0.3 is 10.6 Å². The van der Waals surface area contributed by atoms with Gasteiger partial charge in [-0.15, -0.1) is 0 Å². The predicted molar refractivity (Wildman–Crippen MR) is 85.8 cm³/mol. The molecule has 0 aliphatic heterocycles. The number of hydrogen-bond acceptors (Lipinski definition) is 4. The van der Waals surface area contributed by atoms with Gasteiger partial charge in [-0.1, -0.05) is 25.0 Å². The van der Waals surface area contributed by atoms with E-state index in [2.05, 4.69) is 4.90 Å². The molecule has 1 saturated carbocycles. The van der Waals surface area contributed by atoms with Crippen LogP contribution in [0.4, 0.5) is 0 Å². The van der Waals surface area contributed by atoms with E-state index in [0.29, 0.717) is 18.0 Å². The Morgan fingerprint density at radius 1 is 1.29 bits per heavy atom. The Bertz CT molecular complexity index is 551. The molecule has 0 bridgehead atoms. The number of rotatable bonds is 7. The van der Waals surface area contributed by atoms with E-state index in [1.54, 1.807) is 18.2 Å². The SMILES string of the molecule is CN(CCS(=O)(=O)c1cccc(CN)c1)CC1CCCC1. The van der Waals surface area contributed by atoms with Crippen LogP contribution in [0.5, 0.6) is 0 Å². The van der Waals surface area contributed by atoms with Crippen LogP contribution in [0, 0.1) is 5.92 Å². The van der Waals surface area contributed by atoms with E-state index in [4.69, 9.17) is 5.73 Å². The second kappa shape index (κ2) is 7.38. The monoisotopic (exact) mass is 310 g/mol. The third kappa shape index (κ3) is 4.80. The highest BCUT2D eigenvalue weighted by Gasteiger charge is 2.19. The highest BCUT2D eigenvalue weighted by Crippen LogP contribution is 2.25. The van der Waals surface area contributed by atoms with Crippen molar-refractivity contribution in [1.29, 1.82) is 0 Å². The van der Waals surface area contributed by atoms with Gasteiger partial charge in [-0.3, -0.25) is 0 Å². The summed E-state index contributed by atoms with van der Waals surface area (Å²) in [5.74, 6) is 0.919. The van der Waals surface area contributed by atoms with Gasteiger partial charge in [0.05, 0.1) is 10.6 Å². The fourth-order valence-electron chi connectivity index (χ4n) is 2.98. The second-order valence-electron chi connectivity index (χ2n) is 6.08. The number of hydrogen-bond donors (Lipinski definition) is 1. The molecule has 2 rings (SSSR count). The molecule has 0 unspecified atom stereocenters. The fraction of sp³-hybridized carbons (Fsp3) is 0.625. The Hall–Kier alpha value is -0.910. The highest BCUT2D eigenvalue weighted by atomic mass is 32.2. The van der Waals surface area contributed by atoms with Gasteiger partial charge in [-0.2, -0.15) is 0 Å². The van der Waals surface area contributed by atoms with Gasteiger partial charge in [-0.05, 0) is 43.5 Å². The van der Waals surface area contributed by atoms with Crippen LogP contribution in [-0.4, -0.2) is 39.2 Å². The van der Waals surface area contributed by atoms with Gasteiger partial charge >= 0.3 is 0 Å². The Morgan fingerprint density at radius 3 is 2.67 bits per heavy atom. The van der Waals surface area contributed by atoms with Crippen molar-refractivity contribution in [2.45, 2.75) is 37.1 Å². The summed E-state index contributed by atoms with van der Waals surface area (Å²) in [5.41, 5.74) is 6.43. The maximum Gasteiger partial charge on any atom is 0.179 e. The van der Waals surface area contributed by atoms with Crippen molar-refractivity contribution in [3.05, 3.63) is 29.8 Å². The first kappa shape index (κ1) is 16.5. The largest absolute Gasteiger partial charge is 0.326 e. The maximum atomic E-state index is 12.4. The zero-order valence-corrected chi connectivity index (χ0v) is 13.6. The fourth-order valence-corrected chi connectivity index (χ4v) is 4.39. The summed E-state index contributed by atoms with van der Waals surface area (Å²) in [6.45, 7) is 1.97. The lowest BCUT2D eigenvalue weighted by atomic mass is 10.1. The summed E-state index contributed by atoms with van der Waals surface area (Å²) in [4.78, 5) is 2.54. The lowest BCUT2D eigenvalue weighted by molar-refractivity contribution is 0.291. The Kier molecular flexibility index (Phi) is 5.79. The smallest absolute Gasteiger partial charge is 0.179 e. The van der Waals surface area contributed by atoms with Crippen LogP contribution in [0.2, 0.25) is 0 Å². The molecule has 118 valence electrons. The van der Waals surface area contributed by atoms with Gasteiger partial charge in [-0.25, -0.2) is 8.42 Å². The topological polar surface area (TPSA) is 63.4 Å². The summed E-state index contributed by atoms with van der Waals surface area (Å²) < 4.78 is 24.7. The van der Waals surface area contributed by atoms with E-state index in [-0.39, 0.29) is 5.75 Å². The molecule has 1 aliphatic carbocycles. The van der Waals surface area contributed by atoms with Crippen LogP contribution < -0.4 is 5.73 Å². The molecular formula is C16H26N2O2S. The standard InChI is InChI=1S/C16H26N2O2S/c1-18(13-14-5-2-3-6-14)9-10-21(19,20)16-8-4-7-15(11-16)12-17/h4,7-8,11,14H,2-3,5-6,9-10,12-13,17H2,1H3. The first-order chi connectivity index (χ1) is 10.0. The van der Waals surface area contributed by atoms with Crippen molar-refractivity contribution in [2.24, 2.45) is 11.7 Å². The van der Waals surface area contributed by atoms with Gasteiger partial charge in [0.25, 0.3) is 0 Å². The van der Waals surface area contributed by atoms with Crippen LogP contribution in [0.1, 0.15) is 31.2 Å². The summed E-state index contributed by atoms with van der Waals surface area (Å²) in [7, 11) is -1.20. The van der Waals surface area contributed by atoms with Crippen LogP contribution in [0.25, 0.3) is 0 Å². The van der Waals surface area contributed by atoms with Crippen LogP contribution in [-0.2, 0) is 16.4 Å². The molecule has 21 heavy (non-hydrogen) atoms. The summed E-state index contributed by atoms with van der Waals surface area (Å²) in [6.07, 6.45) is 5.22. The molecule has 4 nitrogen and oxygen atoms in total. The Labute approximate surface area is 128 Å². The van der Waals surface area contributed by atoms with Gasteiger partial charge in [0.15, 0.2) is 9.84 Å². The maximum absolute atomic E-state index is 12.4. The van der Waals surface area contributed by atoms with E-state index >= 15 is 0 Å². The van der Waals surface area contributed by atoms with Crippen LogP contribution >= 0.6 is 0 Å². The molecule has 0 spiro atoms. The molecule has 2 N–H and O–H groups in total. The number of sulfone groups is 1. The Balaban J connectivity index is 1.90. The van der Waals surface area contributed by atoms with E-state index in [9.17, 15) is 8.42 Å². The molecule has 0 amide bonds. The lowest BCUT2D eigenvalue weighted by Gasteiger charge is -2.20. The first-order valence-electron chi connectivity index (χ1n) is 7.71. The third-order valence-electron chi connectivity index (χ3n) is 4.28. The van der Waals surface area contributed by atoms with E-state index < -0.39 is 9.84 Å². The van der Waals surface area contributed by atoms with Gasteiger partial charge in [0.2, 0.25) is 0 Å². The summed E-state index contributed by atoms with van der Waals surface area (Å²) >= 11 is 0. The Morgan fingerprint density at radius 2 is 2.00 bits per heavy atom. The van der Waals surface area contributed by atoms with Crippen molar-refractivity contribution in [1.82, 2.24) is 4.90 Å². The van der Waals surface area contributed by atoms with E-state index in [0.717, 1.165) is 18.0 Å². The molecule has 1 fully saturated rings. The zero-order chi connectivity index (χ0) is 15.3. The van der Waals surface area contributed by atoms with E-state index in [1.807, 2.05) is 13.1 Å². The molecule has 1 aliphatic rings. The average Bonchev–Trinajstić information content (AvgIpc) is 2.98. The lowest BCUT2D eigenvalue weighted by Crippen LogP contribution is -2.29. The molecule has 0 atom stereocenters. The van der Waals surface area contributed by atoms with Gasteiger partial charge in [0, 0.05) is 19.6 Å². The first-order valence-corrected chi connectivity index (χ1v) is 9.37. The second-order valence-corrected chi connectivity index (χ2v) is 8.19. The number of nitrogens with two attached hydrogens (primary N) is 1. The molecule has 0 heterocycles. The van der Waals surface area contributed by atoms with Crippen LogP contribution in [0.3, 0.4) is 0 Å². The zero-order valence-electron chi connectivity index (χ0n) is 12.8. The summed E-state index contributed by atoms with van der Waals surface area (Å²) in [5, 5.41) is 0. The summed E-state index contributed by atoms with van der Waals surface area (Å²) in [6, 6.07) is 6.96. The molecule has 0 saturated heterocycles. The molecule has 0 radical (unpaired) electrons. The minimum atomic E-state index is -3.22. The number of nitrogens with zero attached hydrogens (tertiary/aromatic N) is 1. The average molecular weight is 310 g/mol. The molecule has 0 aromatic heterocycles. The van der Waals surface area contributed by atoms with Crippen LogP contribution in [0.15, 0.2) is 29.2 Å². The molecule has 1 aromatic rings.